The number of nitrogens with zero attached hydrogens (tertiary/aromatic N) is 4. The number of pyridine rings is 1. The molecule has 196 valence electrons. The van der Waals surface area contributed by atoms with E-state index in [-0.39, 0.29) is 16.7 Å². The van der Waals surface area contributed by atoms with Crippen molar-refractivity contribution in [2.45, 2.75) is 59.4 Å². The van der Waals surface area contributed by atoms with Crippen LogP contribution in [0.25, 0.3) is 11.4 Å². The lowest BCUT2D eigenvalue weighted by Crippen LogP contribution is -2.33. The Kier molecular flexibility index (Phi) is 7.55. The molecule has 3 aromatic rings. The molecule has 3 heterocycles. The van der Waals surface area contributed by atoms with E-state index < -0.39 is 17.7 Å². The van der Waals surface area contributed by atoms with Crippen LogP contribution in [-0.2, 0) is 15.0 Å². The Hall–Kier alpha value is -3.45. The third-order valence-electron chi connectivity index (χ3n) is 7.33. The zero-order valence-electron chi connectivity index (χ0n) is 22.8. The van der Waals surface area contributed by atoms with E-state index in [0.717, 1.165) is 37.2 Å². The topological polar surface area (TPSA) is 78.2 Å². The highest BCUT2D eigenvalue weighted by molar-refractivity contribution is 6.46. The number of aliphatic hydroxyl groups excluding tert-OH is 1. The van der Waals surface area contributed by atoms with E-state index in [2.05, 4.69) is 44.5 Å². The molecule has 1 N–H and O–H groups in total. The van der Waals surface area contributed by atoms with Gasteiger partial charge in [-0.25, -0.2) is 4.98 Å². The first-order valence-corrected chi connectivity index (χ1v) is 13.1. The highest BCUT2D eigenvalue weighted by atomic mass is 16.3. The minimum Gasteiger partial charge on any atom is -0.505 e. The summed E-state index contributed by atoms with van der Waals surface area (Å²) in [6.07, 6.45) is 2.54. The van der Waals surface area contributed by atoms with Crippen molar-refractivity contribution >= 4 is 23.1 Å². The number of aryl methyl sites for hydroxylation is 1. The van der Waals surface area contributed by atoms with Gasteiger partial charge in [-0.15, -0.1) is 0 Å². The lowest BCUT2D eigenvalue weighted by atomic mass is 9.85. The molecular formula is C30H38N4O3. The second-order valence-electron chi connectivity index (χ2n) is 10.7. The predicted octanol–water partition coefficient (Wildman–Crippen LogP) is 5.09. The summed E-state index contributed by atoms with van der Waals surface area (Å²) in [6.45, 7) is 15.6. The Morgan fingerprint density at radius 3 is 2.35 bits per heavy atom. The van der Waals surface area contributed by atoms with Gasteiger partial charge in [0.1, 0.15) is 11.3 Å². The summed E-state index contributed by atoms with van der Waals surface area (Å²) < 4.78 is 1.76. The second kappa shape index (κ2) is 10.5. The van der Waals surface area contributed by atoms with Crippen LogP contribution in [-0.4, -0.2) is 62.2 Å². The number of hydrogen-bond donors (Lipinski definition) is 1. The van der Waals surface area contributed by atoms with Gasteiger partial charge in [0.05, 0.1) is 17.3 Å². The molecule has 1 fully saturated rings. The first-order valence-electron chi connectivity index (χ1n) is 13.1. The summed E-state index contributed by atoms with van der Waals surface area (Å²) >= 11 is 0. The second-order valence-corrected chi connectivity index (χ2v) is 10.7. The number of hydrogen-bond acceptors (Lipinski definition) is 5. The number of rotatable bonds is 8. The van der Waals surface area contributed by atoms with Crippen LogP contribution in [0.2, 0.25) is 0 Å². The molecule has 37 heavy (non-hydrogen) atoms. The largest absolute Gasteiger partial charge is 0.505 e. The third kappa shape index (κ3) is 5.05. The Balaban J connectivity index is 1.82. The maximum atomic E-state index is 13.5. The van der Waals surface area contributed by atoms with E-state index >= 15 is 0 Å². The quantitative estimate of drug-likeness (QED) is 0.264. The van der Waals surface area contributed by atoms with Crippen LogP contribution in [0.4, 0.5) is 0 Å². The molecule has 0 radical (unpaired) electrons. The van der Waals surface area contributed by atoms with Crippen molar-refractivity contribution in [1.29, 1.82) is 0 Å². The zero-order valence-corrected chi connectivity index (χ0v) is 22.8. The molecule has 1 aromatic carbocycles. The Bertz CT molecular complexity index is 1330. The van der Waals surface area contributed by atoms with Gasteiger partial charge >= 0.3 is 0 Å². The molecule has 1 saturated heterocycles. The maximum absolute atomic E-state index is 13.5. The van der Waals surface area contributed by atoms with Gasteiger partial charge in [0.25, 0.3) is 11.7 Å². The van der Waals surface area contributed by atoms with E-state index in [1.54, 1.807) is 22.4 Å². The van der Waals surface area contributed by atoms with Crippen molar-refractivity contribution in [2.75, 3.05) is 26.2 Å². The smallest absolute Gasteiger partial charge is 0.295 e. The van der Waals surface area contributed by atoms with Crippen LogP contribution in [0.5, 0.6) is 0 Å². The van der Waals surface area contributed by atoms with Crippen molar-refractivity contribution in [2.24, 2.45) is 0 Å². The molecule has 1 amide bonds. The number of aliphatic hydroxyl groups is 1. The summed E-state index contributed by atoms with van der Waals surface area (Å²) in [5, 5.41) is 11.6. The van der Waals surface area contributed by atoms with Gasteiger partial charge in [-0.05, 0) is 61.7 Å². The first kappa shape index (κ1) is 26.6. The van der Waals surface area contributed by atoms with Gasteiger partial charge in [0.2, 0.25) is 0 Å². The molecule has 0 aliphatic carbocycles. The Labute approximate surface area is 219 Å². The third-order valence-corrected chi connectivity index (χ3v) is 7.33. The van der Waals surface area contributed by atoms with Crippen molar-refractivity contribution in [3.8, 4) is 0 Å². The normalized spacial score (nSPS) is 17.9. The molecule has 7 nitrogen and oxygen atoms in total. The SMILES string of the molecule is CCN(CC)CCCN1C(=O)C(=O)/C(=C(/O)c2c(C)nc3ccccn23)[C@H]1c1ccc(C(C)(C)C)cc1. The van der Waals surface area contributed by atoms with Gasteiger partial charge in [-0.2, -0.15) is 0 Å². The number of likely N-dealkylation sites (tertiary alicyclic amines) is 1. The molecule has 0 saturated carbocycles. The molecule has 1 aliphatic rings. The Morgan fingerprint density at radius 1 is 1.05 bits per heavy atom. The van der Waals surface area contributed by atoms with Gasteiger partial charge in [-0.3, -0.25) is 14.0 Å². The minimum atomic E-state index is -0.667. The fraction of sp³-hybridized carbons (Fsp3) is 0.433. The number of carbonyl (C=O) groups is 2. The van der Waals surface area contributed by atoms with Crippen LogP contribution < -0.4 is 0 Å². The Morgan fingerprint density at radius 2 is 1.73 bits per heavy atom. The maximum Gasteiger partial charge on any atom is 0.295 e. The molecular weight excluding hydrogens is 464 g/mol. The van der Waals surface area contributed by atoms with Crippen LogP contribution in [0.1, 0.15) is 69.6 Å². The fourth-order valence-electron chi connectivity index (χ4n) is 5.15. The molecule has 2 aromatic heterocycles. The number of Topliss-reactive ketones (excluding diaryl/α,β-unsaturated/α-hetero) is 1. The monoisotopic (exact) mass is 502 g/mol. The summed E-state index contributed by atoms with van der Waals surface area (Å²) in [7, 11) is 0. The lowest BCUT2D eigenvalue weighted by molar-refractivity contribution is -0.140. The number of carbonyl (C=O) groups excluding carboxylic acids is 2. The zero-order chi connectivity index (χ0) is 26.9. The number of aromatic nitrogens is 2. The first-order chi connectivity index (χ1) is 17.6. The molecule has 0 unspecified atom stereocenters. The molecule has 7 heteroatoms. The number of fused-ring (bicyclic) bond motifs is 1. The highest BCUT2D eigenvalue weighted by Gasteiger charge is 2.46. The molecule has 0 spiro atoms. The van der Waals surface area contributed by atoms with E-state index in [4.69, 9.17) is 0 Å². The van der Waals surface area contributed by atoms with Crippen LogP contribution >= 0.6 is 0 Å². The number of amides is 1. The summed E-state index contributed by atoms with van der Waals surface area (Å²) in [5.41, 5.74) is 3.76. The molecule has 1 atom stereocenters. The molecule has 1 aliphatic heterocycles. The number of imidazole rings is 1. The average molecular weight is 503 g/mol. The summed E-state index contributed by atoms with van der Waals surface area (Å²) in [4.78, 5) is 35.3. The van der Waals surface area contributed by atoms with Crippen molar-refractivity contribution in [1.82, 2.24) is 19.2 Å². The van der Waals surface area contributed by atoms with Crippen LogP contribution in [0, 0.1) is 6.92 Å². The van der Waals surface area contributed by atoms with E-state index in [1.165, 1.54) is 0 Å². The van der Waals surface area contributed by atoms with E-state index in [9.17, 15) is 14.7 Å². The van der Waals surface area contributed by atoms with Gasteiger partial charge < -0.3 is 14.9 Å². The van der Waals surface area contributed by atoms with E-state index in [0.29, 0.717) is 23.6 Å². The minimum absolute atomic E-state index is 0.0300. The summed E-state index contributed by atoms with van der Waals surface area (Å²) in [6, 6.07) is 12.9. The molecule has 4 rings (SSSR count). The molecule has 0 bridgehead atoms. The van der Waals surface area contributed by atoms with E-state index in [1.807, 2.05) is 42.5 Å². The highest BCUT2D eigenvalue weighted by Crippen LogP contribution is 2.40. The van der Waals surface area contributed by atoms with Gasteiger partial charge in [-0.1, -0.05) is 65.0 Å². The van der Waals surface area contributed by atoms with Crippen LogP contribution in [0.3, 0.4) is 0 Å². The van der Waals surface area contributed by atoms with Crippen molar-refractivity contribution in [3.05, 3.63) is 76.7 Å². The standard InChI is InChI=1S/C30H38N4O3/c1-7-32(8-2)17-11-19-34-26(21-13-15-22(16-14-21)30(4,5)6)24(28(36)29(34)37)27(35)25-20(3)31-23-12-9-10-18-33(23)25/h9-10,12-16,18,26,35H,7-8,11,17,19H2,1-6H3/b27-24+/t26-/m1/s1. The lowest BCUT2D eigenvalue weighted by Gasteiger charge is -2.27. The number of ketones is 1. The van der Waals surface area contributed by atoms with Crippen molar-refractivity contribution in [3.63, 3.8) is 0 Å². The fourth-order valence-corrected chi connectivity index (χ4v) is 5.15. The van der Waals surface area contributed by atoms with Crippen molar-refractivity contribution < 1.29 is 14.7 Å². The van der Waals surface area contributed by atoms with Gasteiger partial charge in [0.15, 0.2) is 5.76 Å². The predicted molar refractivity (Wildman–Crippen MR) is 146 cm³/mol. The van der Waals surface area contributed by atoms with Gasteiger partial charge in [0, 0.05) is 12.7 Å². The van der Waals surface area contributed by atoms with Crippen LogP contribution in [0.15, 0.2) is 54.2 Å². The number of benzene rings is 1. The summed E-state index contributed by atoms with van der Waals surface area (Å²) in [5.74, 6) is -1.42. The average Bonchev–Trinajstić information content (AvgIpc) is 3.34.